The van der Waals surface area contributed by atoms with E-state index in [4.69, 9.17) is 15.2 Å². The molecular formula is C15H28N4O3. The summed E-state index contributed by atoms with van der Waals surface area (Å²) in [6.45, 7) is 12.5. The van der Waals surface area contributed by atoms with Crippen LogP contribution in [0.15, 0.2) is 4.99 Å². The van der Waals surface area contributed by atoms with Crippen molar-refractivity contribution in [1.82, 2.24) is 9.80 Å². The van der Waals surface area contributed by atoms with E-state index >= 15 is 0 Å². The summed E-state index contributed by atoms with van der Waals surface area (Å²) in [4.78, 5) is 20.2. The molecule has 2 aliphatic rings. The van der Waals surface area contributed by atoms with E-state index in [1.807, 2.05) is 25.7 Å². The molecule has 2 N–H and O–H groups in total. The molecule has 0 aliphatic carbocycles. The van der Waals surface area contributed by atoms with E-state index in [0.717, 1.165) is 13.2 Å². The molecule has 2 heterocycles. The molecule has 22 heavy (non-hydrogen) atoms. The number of amides is 1. The van der Waals surface area contributed by atoms with Gasteiger partial charge in [0.25, 0.3) is 0 Å². The maximum Gasteiger partial charge on any atom is 0.410 e. The Labute approximate surface area is 132 Å². The maximum atomic E-state index is 12.0. The van der Waals surface area contributed by atoms with Crippen LogP contribution in [0.25, 0.3) is 0 Å². The number of hydrogen-bond donors (Lipinski definition) is 1. The van der Waals surface area contributed by atoms with Gasteiger partial charge in [-0.3, -0.25) is 4.99 Å². The van der Waals surface area contributed by atoms with Crippen molar-refractivity contribution in [3.63, 3.8) is 0 Å². The van der Waals surface area contributed by atoms with Crippen LogP contribution in [-0.4, -0.2) is 73.4 Å². The molecule has 0 bridgehead atoms. The lowest BCUT2D eigenvalue weighted by atomic mass is 9.89. The fraction of sp³-hybridized carbons (Fsp3) is 0.867. The number of guanidine groups is 1. The SMILES string of the molecule is CC1(CN=C(N)N2CCN(C(=O)OC(C)(C)C)CC2)COC1. The Kier molecular flexibility index (Phi) is 4.84. The summed E-state index contributed by atoms with van der Waals surface area (Å²) in [5, 5.41) is 0. The number of carbonyl (C=O) groups is 1. The molecule has 0 atom stereocenters. The molecule has 0 unspecified atom stereocenters. The number of rotatable bonds is 2. The quantitative estimate of drug-likeness (QED) is 0.605. The highest BCUT2D eigenvalue weighted by Gasteiger charge is 2.33. The van der Waals surface area contributed by atoms with Gasteiger partial charge in [-0.2, -0.15) is 0 Å². The molecule has 0 radical (unpaired) electrons. The summed E-state index contributed by atoms with van der Waals surface area (Å²) >= 11 is 0. The summed E-state index contributed by atoms with van der Waals surface area (Å²) in [5.74, 6) is 0.553. The molecule has 2 rings (SSSR count). The topological polar surface area (TPSA) is 80.4 Å². The summed E-state index contributed by atoms with van der Waals surface area (Å²) in [7, 11) is 0. The van der Waals surface area contributed by atoms with Gasteiger partial charge >= 0.3 is 6.09 Å². The molecule has 0 aromatic carbocycles. The Morgan fingerprint density at radius 2 is 1.77 bits per heavy atom. The number of aliphatic imine (C=N–C) groups is 1. The van der Waals surface area contributed by atoms with Gasteiger partial charge in [0.2, 0.25) is 0 Å². The van der Waals surface area contributed by atoms with Gasteiger partial charge in [-0.1, -0.05) is 6.92 Å². The number of nitrogens with two attached hydrogens (primary N) is 1. The Morgan fingerprint density at radius 3 is 2.23 bits per heavy atom. The molecule has 0 aromatic rings. The lowest BCUT2D eigenvalue weighted by Gasteiger charge is -2.38. The van der Waals surface area contributed by atoms with E-state index in [2.05, 4.69) is 11.9 Å². The Hall–Kier alpha value is -1.50. The van der Waals surface area contributed by atoms with Crippen LogP contribution in [0.4, 0.5) is 4.79 Å². The largest absolute Gasteiger partial charge is 0.444 e. The minimum atomic E-state index is -0.463. The molecule has 126 valence electrons. The summed E-state index contributed by atoms with van der Waals surface area (Å²) in [6, 6.07) is 0. The highest BCUT2D eigenvalue weighted by Crippen LogP contribution is 2.26. The van der Waals surface area contributed by atoms with E-state index in [9.17, 15) is 4.79 Å². The minimum Gasteiger partial charge on any atom is -0.444 e. The van der Waals surface area contributed by atoms with Crippen molar-refractivity contribution in [2.75, 3.05) is 45.9 Å². The van der Waals surface area contributed by atoms with E-state index in [-0.39, 0.29) is 11.5 Å². The van der Waals surface area contributed by atoms with Crippen LogP contribution < -0.4 is 5.73 Å². The van der Waals surface area contributed by atoms with Crippen molar-refractivity contribution in [2.45, 2.75) is 33.3 Å². The second-order valence-corrected chi connectivity index (χ2v) is 7.43. The zero-order chi connectivity index (χ0) is 16.4. The highest BCUT2D eigenvalue weighted by atomic mass is 16.6. The molecule has 1 amide bonds. The normalized spacial score (nSPS) is 22.3. The van der Waals surface area contributed by atoms with Crippen molar-refractivity contribution in [3.05, 3.63) is 0 Å². The van der Waals surface area contributed by atoms with E-state index in [1.54, 1.807) is 4.90 Å². The third-order valence-corrected chi connectivity index (χ3v) is 3.78. The molecule has 2 saturated heterocycles. The summed E-state index contributed by atoms with van der Waals surface area (Å²) in [6.07, 6.45) is -0.262. The second-order valence-electron chi connectivity index (χ2n) is 7.43. The third kappa shape index (κ3) is 4.50. The van der Waals surface area contributed by atoms with Crippen LogP contribution in [0, 0.1) is 5.41 Å². The van der Waals surface area contributed by atoms with Crippen molar-refractivity contribution in [1.29, 1.82) is 0 Å². The number of ether oxygens (including phenoxy) is 2. The first-order chi connectivity index (χ1) is 10.2. The molecule has 0 aromatic heterocycles. The van der Waals surface area contributed by atoms with Gasteiger partial charge in [0.15, 0.2) is 5.96 Å². The molecule has 0 saturated carbocycles. The Balaban J connectivity index is 1.78. The first-order valence-electron chi connectivity index (χ1n) is 7.79. The first-order valence-corrected chi connectivity index (χ1v) is 7.79. The zero-order valence-corrected chi connectivity index (χ0v) is 14.1. The van der Waals surface area contributed by atoms with E-state index in [1.165, 1.54) is 0 Å². The van der Waals surface area contributed by atoms with E-state index in [0.29, 0.717) is 38.7 Å². The van der Waals surface area contributed by atoms with Crippen LogP contribution in [0.3, 0.4) is 0 Å². The predicted molar refractivity (Wildman–Crippen MR) is 84.8 cm³/mol. The van der Waals surface area contributed by atoms with E-state index < -0.39 is 5.60 Å². The van der Waals surface area contributed by atoms with Crippen LogP contribution in [-0.2, 0) is 9.47 Å². The van der Waals surface area contributed by atoms with Gasteiger partial charge < -0.3 is 25.0 Å². The molecule has 7 nitrogen and oxygen atoms in total. The molecular weight excluding hydrogens is 284 g/mol. The molecule has 0 spiro atoms. The Bertz CT molecular complexity index is 433. The van der Waals surface area contributed by atoms with Gasteiger partial charge in [-0.15, -0.1) is 0 Å². The Morgan fingerprint density at radius 1 is 1.23 bits per heavy atom. The molecule has 2 fully saturated rings. The fourth-order valence-electron chi connectivity index (χ4n) is 2.36. The van der Waals surface area contributed by atoms with Gasteiger partial charge in [-0.25, -0.2) is 4.79 Å². The first kappa shape index (κ1) is 16.9. The van der Waals surface area contributed by atoms with Crippen molar-refractivity contribution < 1.29 is 14.3 Å². The third-order valence-electron chi connectivity index (χ3n) is 3.78. The molecule has 2 aliphatic heterocycles. The summed E-state index contributed by atoms with van der Waals surface area (Å²) < 4.78 is 10.6. The van der Waals surface area contributed by atoms with Crippen molar-refractivity contribution >= 4 is 12.1 Å². The average Bonchev–Trinajstić information content (AvgIpc) is 2.41. The minimum absolute atomic E-state index is 0.128. The monoisotopic (exact) mass is 312 g/mol. The van der Waals surface area contributed by atoms with Gasteiger partial charge in [0.1, 0.15) is 5.60 Å². The van der Waals surface area contributed by atoms with Crippen LogP contribution in [0.5, 0.6) is 0 Å². The van der Waals surface area contributed by atoms with Gasteiger partial charge in [-0.05, 0) is 20.8 Å². The number of nitrogens with zero attached hydrogens (tertiary/aromatic N) is 3. The highest BCUT2D eigenvalue weighted by molar-refractivity contribution is 5.78. The van der Waals surface area contributed by atoms with Crippen LogP contribution >= 0.6 is 0 Å². The number of piperazine rings is 1. The number of hydrogen-bond acceptors (Lipinski definition) is 4. The van der Waals surface area contributed by atoms with Crippen molar-refractivity contribution in [3.8, 4) is 0 Å². The second kappa shape index (κ2) is 6.32. The standard InChI is InChI=1S/C15H28N4O3/c1-14(2,3)22-13(20)19-7-5-18(6-8-19)12(16)17-9-15(4)10-21-11-15/h5-11H2,1-4H3,(H2,16,17). The maximum absolute atomic E-state index is 12.0. The predicted octanol–water partition coefficient (Wildman–Crippen LogP) is 0.890. The molecule has 7 heteroatoms. The zero-order valence-electron chi connectivity index (χ0n) is 14.1. The smallest absolute Gasteiger partial charge is 0.410 e. The van der Waals surface area contributed by atoms with Gasteiger partial charge in [0, 0.05) is 31.6 Å². The average molecular weight is 312 g/mol. The van der Waals surface area contributed by atoms with Crippen LogP contribution in [0.2, 0.25) is 0 Å². The lowest BCUT2D eigenvalue weighted by molar-refractivity contribution is -0.0945. The van der Waals surface area contributed by atoms with Crippen molar-refractivity contribution in [2.24, 2.45) is 16.1 Å². The van der Waals surface area contributed by atoms with Crippen LogP contribution in [0.1, 0.15) is 27.7 Å². The fourth-order valence-corrected chi connectivity index (χ4v) is 2.36. The van der Waals surface area contributed by atoms with Gasteiger partial charge in [0.05, 0.1) is 19.8 Å². The lowest BCUT2D eigenvalue weighted by Crippen LogP contribution is -2.53. The number of carbonyl (C=O) groups excluding carboxylic acids is 1. The summed E-state index contributed by atoms with van der Waals surface area (Å²) in [5.41, 5.74) is 5.72.